The van der Waals surface area contributed by atoms with Crippen molar-refractivity contribution in [2.75, 3.05) is 14.2 Å². The van der Waals surface area contributed by atoms with Gasteiger partial charge >= 0.3 is 12.1 Å². The molecule has 0 atom stereocenters. The summed E-state index contributed by atoms with van der Waals surface area (Å²) in [5.41, 5.74) is 1.60. The predicted molar refractivity (Wildman–Crippen MR) is 80.2 cm³/mol. The van der Waals surface area contributed by atoms with E-state index in [1.165, 1.54) is 12.0 Å². The number of aryl methyl sites for hydroxylation is 1. The highest BCUT2D eigenvalue weighted by molar-refractivity contribution is 5.91. The summed E-state index contributed by atoms with van der Waals surface area (Å²) in [6, 6.07) is 5.38. The van der Waals surface area contributed by atoms with E-state index in [4.69, 9.17) is 9.47 Å². The van der Waals surface area contributed by atoms with Gasteiger partial charge in [0.15, 0.2) is 0 Å². The molecule has 1 aromatic rings. The molecule has 0 saturated heterocycles. The minimum Gasteiger partial charge on any atom is -0.465 e. The Bertz CT molecular complexity index is 532. The zero-order chi connectivity index (χ0) is 16.2. The molecule has 5 heteroatoms. The summed E-state index contributed by atoms with van der Waals surface area (Å²) < 4.78 is 10.1. The molecule has 0 aliphatic rings. The Balaban J connectivity index is 2.97. The van der Waals surface area contributed by atoms with E-state index in [2.05, 4.69) is 0 Å². The summed E-state index contributed by atoms with van der Waals surface area (Å²) >= 11 is 0. The minimum absolute atomic E-state index is 0.284. The lowest BCUT2D eigenvalue weighted by Crippen LogP contribution is -2.34. The smallest absolute Gasteiger partial charge is 0.410 e. The summed E-state index contributed by atoms with van der Waals surface area (Å²) in [4.78, 5) is 25.3. The number of nitrogens with zero attached hydrogens (tertiary/aromatic N) is 1. The van der Waals surface area contributed by atoms with E-state index < -0.39 is 17.7 Å². The average Bonchev–Trinajstić information content (AvgIpc) is 2.38. The molecule has 0 heterocycles. The molecule has 0 aromatic heterocycles. The quantitative estimate of drug-likeness (QED) is 0.803. The van der Waals surface area contributed by atoms with Crippen molar-refractivity contribution in [2.45, 2.75) is 39.8 Å². The van der Waals surface area contributed by atoms with Crippen molar-refractivity contribution in [2.24, 2.45) is 0 Å². The molecule has 0 unspecified atom stereocenters. The molecule has 1 amide bonds. The van der Waals surface area contributed by atoms with Gasteiger partial charge in [0.25, 0.3) is 0 Å². The molecule has 0 radical (unpaired) electrons. The molecule has 1 aromatic carbocycles. The molecular weight excluding hydrogens is 270 g/mol. The van der Waals surface area contributed by atoms with Gasteiger partial charge in [-0.05, 0) is 44.9 Å². The Kier molecular flexibility index (Phi) is 5.35. The minimum atomic E-state index is -0.553. The zero-order valence-electron chi connectivity index (χ0n) is 13.5. The standard InChI is InChI=1S/C16H23NO4/c1-11-8-7-9-12(14(18)20-6)13(11)10-17(5)15(19)21-16(2,3)4/h7-9H,10H2,1-6H3. The number of carbonyl (C=O) groups is 2. The topological polar surface area (TPSA) is 55.8 Å². The van der Waals surface area contributed by atoms with Gasteiger partial charge in [0.1, 0.15) is 5.60 Å². The third-order valence-electron chi connectivity index (χ3n) is 2.92. The third kappa shape index (κ3) is 4.77. The molecule has 0 fully saturated rings. The molecule has 0 aliphatic heterocycles. The van der Waals surface area contributed by atoms with Crippen molar-refractivity contribution in [1.82, 2.24) is 4.90 Å². The molecular formula is C16H23NO4. The van der Waals surface area contributed by atoms with Crippen molar-refractivity contribution in [3.63, 3.8) is 0 Å². The first-order valence-electron chi connectivity index (χ1n) is 6.76. The molecule has 0 spiro atoms. The molecule has 0 N–H and O–H groups in total. The SMILES string of the molecule is COC(=O)c1cccc(C)c1CN(C)C(=O)OC(C)(C)C. The first-order chi connectivity index (χ1) is 9.65. The van der Waals surface area contributed by atoms with Crippen LogP contribution in [0.5, 0.6) is 0 Å². The second kappa shape index (κ2) is 6.61. The van der Waals surface area contributed by atoms with E-state index in [0.29, 0.717) is 5.56 Å². The summed E-state index contributed by atoms with van der Waals surface area (Å²) in [6.45, 7) is 7.61. The maximum Gasteiger partial charge on any atom is 0.410 e. The van der Waals surface area contributed by atoms with Crippen molar-refractivity contribution in [3.8, 4) is 0 Å². The zero-order valence-corrected chi connectivity index (χ0v) is 13.5. The van der Waals surface area contributed by atoms with Gasteiger partial charge in [0.2, 0.25) is 0 Å². The molecule has 1 rings (SSSR count). The van der Waals surface area contributed by atoms with E-state index in [1.807, 2.05) is 33.8 Å². The van der Waals surface area contributed by atoms with Crippen LogP contribution in [0.1, 0.15) is 42.3 Å². The van der Waals surface area contributed by atoms with Crippen LogP contribution in [0.3, 0.4) is 0 Å². The van der Waals surface area contributed by atoms with E-state index in [9.17, 15) is 9.59 Å². The van der Waals surface area contributed by atoms with Gasteiger partial charge in [-0.1, -0.05) is 12.1 Å². The van der Waals surface area contributed by atoms with Crippen molar-refractivity contribution < 1.29 is 19.1 Å². The lowest BCUT2D eigenvalue weighted by Gasteiger charge is -2.25. The Hall–Kier alpha value is -2.04. The van der Waals surface area contributed by atoms with Gasteiger partial charge in [0, 0.05) is 13.6 Å². The summed E-state index contributed by atoms with van der Waals surface area (Å²) in [5.74, 6) is -0.411. The van der Waals surface area contributed by atoms with Gasteiger partial charge < -0.3 is 14.4 Å². The van der Waals surface area contributed by atoms with Crippen LogP contribution in [0.25, 0.3) is 0 Å². The Morgan fingerprint density at radius 1 is 1.24 bits per heavy atom. The van der Waals surface area contributed by atoms with Gasteiger partial charge in [0.05, 0.1) is 12.7 Å². The highest BCUT2D eigenvalue weighted by Crippen LogP contribution is 2.18. The van der Waals surface area contributed by atoms with E-state index in [-0.39, 0.29) is 6.54 Å². The predicted octanol–water partition coefficient (Wildman–Crippen LogP) is 3.15. The maximum absolute atomic E-state index is 12.0. The summed E-state index contributed by atoms with van der Waals surface area (Å²) in [7, 11) is 2.98. The number of hydrogen-bond donors (Lipinski definition) is 0. The number of esters is 1. The Morgan fingerprint density at radius 2 is 1.86 bits per heavy atom. The first-order valence-corrected chi connectivity index (χ1v) is 6.76. The van der Waals surface area contributed by atoms with Crippen molar-refractivity contribution in [3.05, 3.63) is 34.9 Å². The number of amides is 1. The van der Waals surface area contributed by atoms with Crippen LogP contribution in [0.2, 0.25) is 0 Å². The fraction of sp³-hybridized carbons (Fsp3) is 0.500. The van der Waals surface area contributed by atoms with Gasteiger partial charge in [-0.3, -0.25) is 0 Å². The number of methoxy groups -OCH3 is 1. The Labute approximate surface area is 125 Å². The molecule has 0 saturated carbocycles. The van der Waals surface area contributed by atoms with Crippen LogP contribution >= 0.6 is 0 Å². The fourth-order valence-electron chi connectivity index (χ4n) is 1.85. The Morgan fingerprint density at radius 3 is 2.38 bits per heavy atom. The molecule has 5 nitrogen and oxygen atoms in total. The van der Waals surface area contributed by atoms with Crippen molar-refractivity contribution >= 4 is 12.1 Å². The van der Waals surface area contributed by atoms with E-state index in [1.54, 1.807) is 19.2 Å². The van der Waals surface area contributed by atoms with Crippen molar-refractivity contribution in [1.29, 1.82) is 0 Å². The van der Waals surface area contributed by atoms with Gasteiger partial charge in [-0.25, -0.2) is 9.59 Å². The van der Waals surface area contributed by atoms with E-state index in [0.717, 1.165) is 11.1 Å². The number of ether oxygens (including phenoxy) is 2. The maximum atomic E-state index is 12.0. The average molecular weight is 293 g/mol. The lowest BCUT2D eigenvalue weighted by atomic mass is 10.0. The van der Waals surface area contributed by atoms with Gasteiger partial charge in [-0.2, -0.15) is 0 Å². The normalized spacial score (nSPS) is 11.0. The number of rotatable bonds is 3. The fourth-order valence-corrected chi connectivity index (χ4v) is 1.85. The first kappa shape index (κ1) is 17.0. The number of hydrogen-bond acceptors (Lipinski definition) is 4. The van der Waals surface area contributed by atoms with Gasteiger partial charge in [-0.15, -0.1) is 0 Å². The van der Waals surface area contributed by atoms with E-state index >= 15 is 0 Å². The molecule has 21 heavy (non-hydrogen) atoms. The lowest BCUT2D eigenvalue weighted by molar-refractivity contribution is 0.0282. The summed E-state index contributed by atoms with van der Waals surface area (Å²) in [5, 5.41) is 0. The van der Waals surface area contributed by atoms with Crippen LogP contribution in [0.15, 0.2) is 18.2 Å². The summed E-state index contributed by atoms with van der Waals surface area (Å²) in [6.07, 6.45) is -0.429. The highest BCUT2D eigenvalue weighted by Gasteiger charge is 2.22. The highest BCUT2D eigenvalue weighted by atomic mass is 16.6. The van der Waals surface area contributed by atoms with Crippen LogP contribution in [0.4, 0.5) is 4.79 Å². The largest absolute Gasteiger partial charge is 0.465 e. The van der Waals surface area contributed by atoms with Crippen LogP contribution in [0, 0.1) is 6.92 Å². The van der Waals surface area contributed by atoms with Crippen LogP contribution < -0.4 is 0 Å². The number of carbonyl (C=O) groups excluding carboxylic acids is 2. The second-order valence-electron chi connectivity index (χ2n) is 5.93. The number of benzene rings is 1. The third-order valence-corrected chi connectivity index (χ3v) is 2.92. The van der Waals surface area contributed by atoms with Crippen LogP contribution in [-0.2, 0) is 16.0 Å². The van der Waals surface area contributed by atoms with Crippen LogP contribution in [-0.4, -0.2) is 36.7 Å². The molecule has 0 bridgehead atoms. The monoisotopic (exact) mass is 293 g/mol. The molecule has 116 valence electrons. The molecule has 0 aliphatic carbocycles. The second-order valence-corrected chi connectivity index (χ2v) is 5.93.